The Bertz CT molecular complexity index is 2400. The maximum atomic E-state index is 13.7. The monoisotopic (exact) mass is 586 g/mol. The number of hydrogen-bond donors (Lipinski definition) is 0. The van der Waals surface area contributed by atoms with Gasteiger partial charge in [0.15, 0.2) is 10.9 Å². The first kappa shape index (κ1) is 21.2. The smallest absolute Gasteiger partial charge is 0.195 e. The van der Waals surface area contributed by atoms with E-state index in [1.165, 1.54) is 0 Å². The molecule has 0 N–H and O–H groups in total. The number of hydrogen-bond acceptors (Lipinski definition) is 2. The van der Waals surface area contributed by atoms with Crippen LogP contribution in [0.5, 0.6) is 0 Å². The summed E-state index contributed by atoms with van der Waals surface area (Å²) in [6.45, 7) is 0. The molecule has 0 aliphatic carbocycles. The molecule has 8 aromatic carbocycles. The summed E-state index contributed by atoms with van der Waals surface area (Å²) in [5.41, 5.74) is -0.216. The summed E-state index contributed by atoms with van der Waals surface area (Å²) in [4.78, 5) is 27.3. The van der Waals surface area contributed by atoms with Crippen LogP contribution in [0.1, 0.15) is 0 Å². The second kappa shape index (κ2) is 6.87. The summed E-state index contributed by atoms with van der Waals surface area (Å²) in [5.74, 6) is 0. The lowest BCUT2D eigenvalue weighted by atomic mass is 9.84. The Morgan fingerprint density at radius 3 is 1.64 bits per heavy atom. The Kier molecular flexibility index (Phi) is 4.04. The molecule has 36 heavy (non-hydrogen) atoms. The fraction of sp³-hybridized carbons (Fsp3) is 0. The SMILES string of the molecule is O=c1c2cc(Br)cc(Cl)c2c2cc3ccc4c(=O)c5c(Cl)ccc(Cl)c5c5cc6ccc1c2c6c3c45. The molecule has 0 atom stereocenters. The van der Waals surface area contributed by atoms with Gasteiger partial charge in [-0.15, -0.1) is 0 Å². The standard InChI is InChI=1S/C30H10BrCl3O2/c31-13-9-18-24(21(34)10-13)16-7-11-2-4-15-26-17(27-19(32)5-6-20(33)28(27)30(15)36)8-12-1-3-14(29(18)35)25(16)22(12)23(11)26/h1-10H. The van der Waals surface area contributed by atoms with E-state index in [0.717, 1.165) is 52.9 Å². The van der Waals surface area contributed by atoms with Gasteiger partial charge in [-0.3, -0.25) is 9.59 Å². The van der Waals surface area contributed by atoms with Gasteiger partial charge in [0.1, 0.15) is 0 Å². The van der Waals surface area contributed by atoms with Crippen molar-refractivity contribution in [1.29, 1.82) is 0 Å². The quantitative estimate of drug-likeness (QED) is 0.131. The fourth-order valence-corrected chi connectivity index (χ4v) is 7.56. The molecule has 170 valence electrons. The van der Waals surface area contributed by atoms with Gasteiger partial charge in [-0.2, -0.15) is 0 Å². The first-order chi connectivity index (χ1) is 17.3. The Morgan fingerprint density at radius 2 is 1.00 bits per heavy atom. The molecule has 0 fully saturated rings. The summed E-state index contributed by atoms with van der Waals surface area (Å²) in [6.07, 6.45) is 0. The van der Waals surface area contributed by atoms with E-state index < -0.39 is 0 Å². The number of rotatable bonds is 0. The van der Waals surface area contributed by atoms with Crippen LogP contribution in [0.15, 0.2) is 74.7 Å². The second-order valence-electron chi connectivity index (χ2n) is 9.27. The molecule has 2 nitrogen and oxygen atoms in total. The van der Waals surface area contributed by atoms with Gasteiger partial charge in [0.05, 0.1) is 15.4 Å². The molecule has 0 aromatic heterocycles. The minimum Gasteiger partial charge on any atom is -0.289 e. The molecule has 0 heterocycles. The molecular weight excluding hydrogens is 579 g/mol. The van der Waals surface area contributed by atoms with E-state index in [2.05, 4.69) is 28.1 Å². The molecule has 0 bridgehead atoms. The third-order valence-electron chi connectivity index (χ3n) is 7.52. The Labute approximate surface area is 225 Å². The summed E-state index contributed by atoms with van der Waals surface area (Å²) in [6, 6.07) is 18.9. The molecule has 0 aliphatic heterocycles. The van der Waals surface area contributed by atoms with Crippen molar-refractivity contribution in [3.63, 3.8) is 0 Å². The highest BCUT2D eigenvalue weighted by molar-refractivity contribution is 9.10. The molecule has 6 heteroatoms. The zero-order chi connectivity index (χ0) is 24.6. The molecule has 0 saturated heterocycles. The van der Waals surface area contributed by atoms with Gasteiger partial charge in [0, 0.05) is 47.2 Å². The van der Waals surface area contributed by atoms with Crippen molar-refractivity contribution in [2.24, 2.45) is 0 Å². The first-order valence-corrected chi connectivity index (χ1v) is 13.1. The average molecular weight is 589 g/mol. The van der Waals surface area contributed by atoms with Crippen molar-refractivity contribution in [3.05, 3.63) is 101 Å². The van der Waals surface area contributed by atoms with Gasteiger partial charge in [-0.1, -0.05) is 62.9 Å². The van der Waals surface area contributed by atoms with E-state index >= 15 is 0 Å². The summed E-state index contributed by atoms with van der Waals surface area (Å²) >= 11 is 23.4. The largest absolute Gasteiger partial charge is 0.289 e. The van der Waals surface area contributed by atoms with Gasteiger partial charge in [-0.05, 0) is 80.8 Å². The van der Waals surface area contributed by atoms with Crippen LogP contribution in [0.3, 0.4) is 0 Å². The number of fused-ring (bicyclic) bond motifs is 4. The maximum absolute atomic E-state index is 13.7. The van der Waals surface area contributed by atoms with Crippen LogP contribution in [0.2, 0.25) is 15.1 Å². The zero-order valence-electron chi connectivity index (χ0n) is 18.1. The molecule has 0 radical (unpaired) electrons. The third kappa shape index (κ3) is 2.40. The van der Waals surface area contributed by atoms with Crippen molar-refractivity contribution in [3.8, 4) is 0 Å². The van der Waals surface area contributed by atoms with Crippen molar-refractivity contribution in [1.82, 2.24) is 0 Å². The van der Waals surface area contributed by atoms with Gasteiger partial charge >= 0.3 is 0 Å². The molecule has 0 amide bonds. The topological polar surface area (TPSA) is 34.1 Å². The molecule has 0 aliphatic rings. The maximum Gasteiger partial charge on any atom is 0.195 e. The lowest BCUT2D eigenvalue weighted by Crippen LogP contribution is -2.07. The van der Waals surface area contributed by atoms with E-state index in [0.29, 0.717) is 42.0 Å². The van der Waals surface area contributed by atoms with E-state index in [-0.39, 0.29) is 10.9 Å². The molecule has 0 saturated carbocycles. The minimum absolute atomic E-state index is 0.0672. The van der Waals surface area contributed by atoms with Gasteiger partial charge in [-0.25, -0.2) is 0 Å². The lowest BCUT2D eigenvalue weighted by molar-refractivity contribution is 1.69. The van der Waals surface area contributed by atoms with Crippen molar-refractivity contribution < 1.29 is 0 Å². The van der Waals surface area contributed by atoms with Crippen LogP contribution in [0.4, 0.5) is 0 Å². The van der Waals surface area contributed by atoms with E-state index in [1.807, 2.05) is 36.4 Å². The highest BCUT2D eigenvalue weighted by Crippen LogP contribution is 2.47. The van der Waals surface area contributed by atoms with E-state index in [9.17, 15) is 9.59 Å². The predicted molar refractivity (Wildman–Crippen MR) is 158 cm³/mol. The highest BCUT2D eigenvalue weighted by atomic mass is 79.9. The zero-order valence-corrected chi connectivity index (χ0v) is 22.0. The van der Waals surface area contributed by atoms with Crippen LogP contribution in [-0.4, -0.2) is 0 Å². The Hall–Kier alpha value is -2.95. The van der Waals surface area contributed by atoms with E-state index in [4.69, 9.17) is 34.8 Å². The summed E-state index contributed by atoms with van der Waals surface area (Å²) in [7, 11) is 0. The van der Waals surface area contributed by atoms with Gasteiger partial charge in [0.2, 0.25) is 0 Å². The predicted octanol–water partition coefficient (Wildman–Crippen LogP) is 9.52. The van der Waals surface area contributed by atoms with Crippen LogP contribution in [-0.2, 0) is 0 Å². The summed E-state index contributed by atoms with van der Waals surface area (Å²) in [5, 5.41) is 12.3. The van der Waals surface area contributed by atoms with Crippen LogP contribution >= 0.6 is 50.7 Å². The molecular formula is C30H10BrCl3O2. The Balaban J connectivity index is 1.78. The average Bonchev–Trinajstić information content (AvgIpc) is 2.86. The van der Waals surface area contributed by atoms with E-state index in [1.54, 1.807) is 12.1 Å². The molecule has 8 rings (SSSR count). The molecule has 0 unspecified atom stereocenters. The normalized spacial score (nSPS) is 12.7. The first-order valence-electron chi connectivity index (χ1n) is 11.2. The molecule has 8 aromatic rings. The summed E-state index contributed by atoms with van der Waals surface area (Å²) < 4.78 is 0.757. The van der Waals surface area contributed by atoms with Crippen molar-refractivity contribution >= 4 is 126 Å². The molecule has 0 spiro atoms. The van der Waals surface area contributed by atoms with Gasteiger partial charge < -0.3 is 0 Å². The van der Waals surface area contributed by atoms with Crippen LogP contribution in [0.25, 0.3) is 75.4 Å². The fourth-order valence-electron chi connectivity index (χ4n) is 6.15. The number of halogens is 4. The minimum atomic E-state index is -0.148. The lowest BCUT2D eigenvalue weighted by Gasteiger charge is -2.19. The highest BCUT2D eigenvalue weighted by Gasteiger charge is 2.23. The number of benzene rings is 8. The third-order valence-corrected chi connectivity index (χ3v) is 8.91. The van der Waals surface area contributed by atoms with Crippen LogP contribution < -0.4 is 10.9 Å². The Morgan fingerprint density at radius 1 is 0.444 bits per heavy atom. The van der Waals surface area contributed by atoms with Crippen molar-refractivity contribution in [2.75, 3.05) is 0 Å². The second-order valence-corrected chi connectivity index (χ2v) is 11.4. The van der Waals surface area contributed by atoms with Gasteiger partial charge in [0.25, 0.3) is 0 Å². The van der Waals surface area contributed by atoms with Crippen molar-refractivity contribution in [2.45, 2.75) is 0 Å². The van der Waals surface area contributed by atoms with Crippen LogP contribution in [0, 0.1) is 0 Å².